The van der Waals surface area contributed by atoms with E-state index in [9.17, 15) is 0 Å². The monoisotopic (exact) mass is 426 g/mol. The van der Waals surface area contributed by atoms with Crippen molar-refractivity contribution in [3.63, 3.8) is 0 Å². The highest BCUT2D eigenvalue weighted by atomic mass is 32.1. The first-order valence-corrected chi connectivity index (χ1v) is 11.6. The quantitative estimate of drug-likeness (QED) is 0.272. The van der Waals surface area contributed by atoms with Crippen molar-refractivity contribution in [2.45, 2.75) is 0 Å². The number of rotatable bonds is 2. The Morgan fingerprint density at radius 3 is 2.09 bits per heavy atom. The molecule has 0 amide bonds. The van der Waals surface area contributed by atoms with Crippen molar-refractivity contribution in [2.75, 3.05) is 0 Å². The molecule has 0 aliphatic rings. The van der Waals surface area contributed by atoms with E-state index in [2.05, 4.69) is 108 Å². The summed E-state index contributed by atoms with van der Waals surface area (Å²) in [5.74, 6) is 0. The maximum atomic E-state index is 4.71. The van der Waals surface area contributed by atoms with Crippen LogP contribution in [0.3, 0.4) is 0 Å². The Balaban J connectivity index is 1.50. The second-order valence-corrected chi connectivity index (χ2v) is 9.11. The van der Waals surface area contributed by atoms with Gasteiger partial charge in [-0.05, 0) is 42.0 Å². The van der Waals surface area contributed by atoms with Gasteiger partial charge < -0.3 is 4.57 Å². The number of nitrogens with zero attached hydrogens (tertiary/aromatic N) is 2. The number of fused-ring (bicyclic) bond motifs is 6. The maximum Gasteiger partial charge on any atom is 0.0894 e. The summed E-state index contributed by atoms with van der Waals surface area (Å²) in [6.45, 7) is 0. The van der Waals surface area contributed by atoms with Gasteiger partial charge in [-0.1, -0.05) is 66.7 Å². The molecule has 2 nitrogen and oxygen atoms in total. The second-order valence-electron chi connectivity index (χ2n) is 8.05. The van der Waals surface area contributed by atoms with Crippen LogP contribution in [0.4, 0.5) is 0 Å². The normalized spacial score (nSPS) is 11.8. The van der Waals surface area contributed by atoms with Crippen molar-refractivity contribution < 1.29 is 0 Å². The number of pyridine rings is 1. The van der Waals surface area contributed by atoms with Crippen molar-refractivity contribution in [1.29, 1.82) is 0 Å². The fourth-order valence-electron chi connectivity index (χ4n) is 4.85. The molecule has 0 spiro atoms. The van der Waals surface area contributed by atoms with Crippen LogP contribution in [0.15, 0.2) is 109 Å². The van der Waals surface area contributed by atoms with Gasteiger partial charge in [0.15, 0.2) is 0 Å². The predicted octanol–water partition coefficient (Wildman–Crippen LogP) is 8.21. The molecule has 0 radical (unpaired) electrons. The minimum Gasteiger partial charge on any atom is -0.309 e. The third kappa shape index (κ3) is 2.49. The van der Waals surface area contributed by atoms with Crippen molar-refractivity contribution in [2.24, 2.45) is 0 Å². The summed E-state index contributed by atoms with van der Waals surface area (Å²) >= 11 is 1.82. The Morgan fingerprint density at radius 1 is 0.625 bits per heavy atom. The molecule has 7 aromatic rings. The van der Waals surface area contributed by atoms with Crippen molar-refractivity contribution >= 4 is 53.4 Å². The third-order valence-corrected chi connectivity index (χ3v) is 7.45. The standard InChI is InChI=1S/C29H18N2S/c1-4-13-25-22(10-1)23-11-2-5-14-26(23)31(25)20-9-7-8-19(18-20)21-16-17-30-28-24-12-3-6-15-27(24)32-29(21)28/h1-18H. The SMILES string of the molecule is c1cc(-c2ccnc3c2sc2ccccc23)cc(-n2c3ccccc3c3ccccc32)c1. The van der Waals surface area contributed by atoms with E-state index in [4.69, 9.17) is 4.98 Å². The highest BCUT2D eigenvalue weighted by Crippen LogP contribution is 2.39. The molecular formula is C29H18N2S. The predicted molar refractivity (Wildman–Crippen MR) is 137 cm³/mol. The van der Waals surface area contributed by atoms with Gasteiger partial charge in [0.2, 0.25) is 0 Å². The summed E-state index contributed by atoms with van der Waals surface area (Å²) < 4.78 is 4.89. The second kappa shape index (κ2) is 6.78. The third-order valence-electron chi connectivity index (χ3n) is 6.25. The number of aromatic nitrogens is 2. The van der Waals surface area contributed by atoms with Crippen LogP contribution in [0.5, 0.6) is 0 Å². The molecule has 0 fully saturated rings. The Bertz CT molecular complexity index is 1730. The van der Waals surface area contributed by atoms with Crippen LogP contribution in [0, 0.1) is 0 Å². The van der Waals surface area contributed by atoms with E-state index < -0.39 is 0 Å². The molecule has 0 saturated heterocycles. The van der Waals surface area contributed by atoms with Gasteiger partial charge >= 0.3 is 0 Å². The highest BCUT2D eigenvalue weighted by Gasteiger charge is 2.14. The van der Waals surface area contributed by atoms with Gasteiger partial charge in [0, 0.05) is 38.3 Å². The minimum atomic E-state index is 1.09. The first kappa shape index (κ1) is 17.7. The van der Waals surface area contributed by atoms with E-state index in [1.807, 2.05) is 17.5 Å². The molecule has 150 valence electrons. The van der Waals surface area contributed by atoms with Crippen LogP contribution in [0.1, 0.15) is 0 Å². The van der Waals surface area contributed by atoms with Crippen molar-refractivity contribution in [1.82, 2.24) is 9.55 Å². The number of benzene rings is 4. The molecule has 0 N–H and O–H groups in total. The lowest BCUT2D eigenvalue weighted by atomic mass is 10.0. The lowest BCUT2D eigenvalue weighted by Crippen LogP contribution is -1.94. The van der Waals surface area contributed by atoms with Gasteiger partial charge in [-0.2, -0.15) is 0 Å². The molecule has 0 unspecified atom stereocenters. The summed E-state index contributed by atoms with van der Waals surface area (Å²) in [7, 11) is 0. The van der Waals surface area contributed by atoms with E-state index in [0.29, 0.717) is 0 Å². The molecule has 7 rings (SSSR count). The zero-order chi connectivity index (χ0) is 21.1. The Labute approximate surface area is 189 Å². The number of hydrogen-bond acceptors (Lipinski definition) is 2. The fourth-order valence-corrected chi connectivity index (χ4v) is 6.04. The van der Waals surface area contributed by atoms with Gasteiger partial charge in [0.25, 0.3) is 0 Å². The van der Waals surface area contributed by atoms with Crippen LogP contribution in [-0.2, 0) is 0 Å². The Morgan fingerprint density at radius 2 is 1.31 bits per heavy atom. The van der Waals surface area contributed by atoms with E-state index in [1.165, 1.54) is 53.4 Å². The summed E-state index contributed by atoms with van der Waals surface area (Å²) in [5, 5.41) is 3.79. The van der Waals surface area contributed by atoms with Crippen molar-refractivity contribution in [3.05, 3.63) is 109 Å². The van der Waals surface area contributed by atoms with E-state index in [-0.39, 0.29) is 0 Å². The van der Waals surface area contributed by atoms with Crippen LogP contribution in [-0.4, -0.2) is 9.55 Å². The van der Waals surface area contributed by atoms with Crippen LogP contribution in [0.2, 0.25) is 0 Å². The van der Waals surface area contributed by atoms with E-state index >= 15 is 0 Å². The minimum absolute atomic E-state index is 1.09. The van der Waals surface area contributed by atoms with Crippen molar-refractivity contribution in [3.8, 4) is 16.8 Å². The first-order valence-electron chi connectivity index (χ1n) is 10.7. The zero-order valence-electron chi connectivity index (χ0n) is 17.2. The zero-order valence-corrected chi connectivity index (χ0v) is 18.0. The molecule has 4 aromatic carbocycles. The fraction of sp³-hybridized carbons (Fsp3) is 0. The average Bonchev–Trinajstić information content (AvgIpc) is 3.40. The van der Waals surface area contributed by atoms with Crippen LogP contribution in [0.25, 0.3) is 58.9 Å². The molecule has 0 atom stereocenters. The summed E-state index contributed by atoms with van der Waals surface area (Å²) in [4.78, 5) is 4.71. The molecule has 3 heteroatoms. The largest absolute Gasteiger partial charge is 0.309 e. The molecular weight excluding hydrogens is 408 g/mol. The molecule has 32 heavy (non-hydrogen) atoms. The van der Waals surface area contributed by atoms with Gasteiger partial charge in [-0.3, -0.25) is 4.98 Å². The number of thiophene rings is 1. The van der Waals surface area contributed by atoms with Crippen LogP contribution < -0.4 is 0 Å². The van der Waals surface area contributed by atoms with E-state index in [1.54, 1.807) is 0 Å². The summed E-state index contributed by atoms with van der Waals surface area (Å²) in [6.07, 6.45) is 1.93. The Kier molecular flexibility index (Phi) is 3.75. The van der Waals surface area contributed by atoms with Crippen LogP contribution >= 0.6 is 11.3 Å². The molecule has 0 aliphatic carbocycles. The molecule has 0 saturated carbocycles. The smallest absolute Gasteiger partial charge is 0.0894 e. The lowest BCUT2D eigenvalue weighted by Gasteiger charge is -2.10. The average molecular weight is 427 g/mol. The lowest BCUT2D eigenvalue weighted by molar-refractivity contribution is 1.18. The summed E-state index contributed by atoms with van der Waals surface area (Å²) in [6, 6.07) is 36.8. The Hall–Kier alpha value is -3.95. The summed E-state index contributed by atoms with van der Waals surface area (Å²) in [5.41, 5.74) is 7.17. The van der Waals surface area contributed by atoms with Gasteiger partial charge in [0.1, 0.15) is 0 Å². The topological polar surface area (TPSA) is 17.8 Å². The van der Waals surface area contributed by atoms with Gasteiger partial charge in [-0.25, -0.2) is 0 Å². The molecule has 0 bridgehead atoms. The first-order chi connectivity index (χ1) is 15.9. The van der Waals surface area contributed by atoms with Gasteiger partial charge in [-0.15, -0.1) is 11.3 Å². The van der Waals surface area contributed by atoms with E-state index in [0.717, 1.165) is 5.52 Å². The number of para-hydroxylation sites is 2. The molecule has 3 heterocycles. The highest BCUT2D eigenvalue weighted by molar-refractivity contribution is 7.26. The molecule has 0 aliphatic heterocycles. The maximum absolute atomic E-state index is 4.71. The van der Waals surface area contributed by atoms with Gasteiger partial charge in [0.05, 0.1) is 21.3 Å². The number of hydrogen-bond donors (Lipinski definition) is 0. The molecule has 3 aromatic heterocycles.